The molecule has 5 nitrogen and oxygen atoms in total. The fourth-order valence-corrected chi connectivity index (χ4v) is 2.56. The predicted octanol–water partition coefficient (Wildman–Crippen LogP) is 3.48. The van der Waals surface area contributed by atoms with Crippen LogP contribution in [0.3, 0.4) is 0 Å². The van der Waals surface area contributed by atoms with Crippen LogP contribution in [0.2, 0.25) is 0 Å². The maximum Gasteiger partial charge on any atom is 0.240 e. The molecule has 0 aliphatic heterocycles. The second kappa shape index (κ2) is 5.37. The molecule has 0 N–H and O–H groups in total. The zero-order valence-corrected chi connectivity index (χ0v) is 13.5. The molecular weight excluding hydrogens is 334 g/mol. The van der Waals surface area contributed by atoms with Gasteiger partial charge in [0.25, 0.3) is 0 Å². The fourth-order valence-electron chi connectivity index (χ4n) is 2.30. The van der Waals surface area contributed by atoms with Gasteiger partial charge >= 0.3 is 0 Å². The van der Waals surface area contributed by atoms with Crippen LogP contribution in [0.5, 0.6) is 11.8 Å². The van der Waals surface area contributed by atoms with Gasteiger partial charge in [0, 0.05) is 10.0 Å². The molecule has 2 aromatic heterocycles. The Bertz CT molecular complexity index is 797. The third-order valence-corrected chi connectivity index (χ3v) is 3.78. The monoisotopic (exact) mass is 347 g/mol. The van der Waals surface area contributed by atoms with Gasteiger partial charge in [0.2, 0.25) is 17.5 Å². The van der Waals surface area contributed by atoms with Crippen molar-refractivity contribution in [2.45, 2.75) is 6.92 Å². The van der Waals surface area contributed by atoms with Gasteiger partial charge in [-0.05, 0) is 19.1 Å². The number of fused-ring (bicyclic) bond motifs is 1. The summed E-state index contributed by atoms with van der Waals surface area (Å²) < 4.78 is 13.6. The molecule has 0 radical (unpaired) electrons. The van der Waals surface area contributed by atoms with E-state index in [1.165, 1.54) is 0 Å². The van der Waals surface area contributed by atoms with Crippen LogP contribution < -0.4 is 9.47 Å². The number of benzene rings is 1. The first-order valence-corrected chi connectivity index (χ1v) is 7.17. The third kappa shape index (κ3) is 2.35. The molecule has 6 heteroatoms. The number of ether oxygens (including phenoxy) is 2. The predicted molar refractivity (Wildman–Crippen MR) is 84.0 cm³/mol. The van der Waals surface area contributed by atoms with Crippen molar-refractivity contribution in [3.63, 3.8) is 0 Å². The van der Waals surface area contributed by atoms with Crippen LogP contribution in [0, 0.1) is 6.92 Å². The fraction of sp³-hybridized carbons (Fsp3) is 0.200. The summed E-state index contributed by atoms with van der Waals surface area (Å²) in [4.78, 5) is 8.88. The number of methoxy groups -OCH3 is 2. The van der Waals surface area contributed by atoms with Gasteiger partial charge in [0.1, 0.15) is 0 Å². The van der Waals surface area contributed by atoms with E-state index in [4.69, 9.17) is 9.47 Å². The van der Waals surface area contributed by atoms with Crippen molar-refractivity contribution in [2.75, 3.05) is 14.2 Å². The highest BCUT2D eigenvalue weighted by molar-refractivity contribution is 9.10. The topological polar surface area (TPSA) is 48.7 Å². The van der Waals surface area contributed by atoms with E-state index in [0.717, 1.165) is 21.4 Å². The van der Waals surface area contributed by atoms with Crippen LogP contribution >= 0.6 is 15.9 Å². The summed E-state index contributed by atoms with van der Waals surface area (Å²) in [5.74, 6) is 1.67. The van der Waals surface area contributed by atoms with Crippen molar-refractivity contribution in [3.05, 3.63) is 40.5 Å². The van der Waals surface area contributed by atoms with Crippen molar-refractivity contribution >= 4 is 21.7 Å². The molecule has 0 amide bonds. The average Bonchev–Trinajstić information content (AvgIpc) is 2.83. The van der Waals surface area contributed by atoms with E-state index in [0.29, 0.717) is 17.5 Å². The van der Waals surface area contributed by atoms with E-state index in [9.17, 15) is 0 Å². The van der Waals surface area contributed by atoms with Crippen LogP contribution in [-0.2, 0) is 0 Å². The van der Waals surface area contributed by atoms with E-state index >= 15 is 0 Å². The molecule has 0 aliphatic rings. The van der Waals surface area contributed by atoms with Gasteiger partial charge in [-0.2, -0.15) is 4.98 Å². The second-order valence-corrected chi connectivity index (χ2v) is 5.44. The highest BCUT2D eigenvalue weighted by atomic mass is 79.9. The van der Waals surface area contributed by atoms with Gasteiger partial charge in [-0.15, -0.1) is 0 Å². The molecular formula is C15H14BrN3O2. The summed E-state index contributed by atoms with van der Waals surface area (Å²) >= 11 is 3.45. The number of aromatic nitrogens is 3. The Hall–Kier alpha value is -2.08. The van der Waals surface area contributed by atoms with Crippen LogP contribution in [-0.4, -0.2) is 28.6 Å². The molecule has 0 atom stereocenters. The van der Waals surface area contributed by atoms with Crippen LogP contribution in [0.1, 0.15) is 5.69 Å². The lowest BCUT2D eigenvalue weighted by molar-refractivity contribution is 0.370. The highest BCUT2D eigenvalue weighted by Crippen LogP contribution is 2.30. The number of halogens is 1. The molecule has 0 saturated carbocycles. The molecule has 1 aromatic carbocycles. The zero-order valence-electron chi connectivity index (χ0n) is 11.9. The maximum absolute atomic E-state index is 5.46. The van der Waals surface area contributed by atoms with Gasteiger partial charge in [-0.25, -0.2) is 9.38 Å². The Balaban J connectivity index is 2.32. The van der Waals surface area contributed by atoms with E-state index in [-0.39, 0.29) is 0 Å². The minimum atomic E-state index is 0.478. The number of hydrogen-bond donors (Lipinski definition) is 0. The molecule has 0 fully saturated rings. The normalized spacial score (nSPS) is 10.9. The Morgan fingerprint density at radius 3 is 2.38 bits per heavy atom. The van der Waals surface area contributed by atoms with E-state index in [2.05, 4.69) is 25.9 Å². The minimum Gasteiger partial charge on any atom is -0.482 e. The summed E-state index contributed by atoms with van der Waals surface area (Å²) in [6, 6.07) is 9.81. The molecule has 3 rings (SSSR count). The summed E-state index contributed by atoms with van der Waals surface area (Å²) in [6.45, 7) is 1.96. The van der Waals surface area contributed by atoms with Crippen molar-refractivity contribution < 1.29 is 9.47 Å². The number of imidazole rings is 1. The standard InChI is InChI=1S/C15H14BrN3O2/c1-9-14(10-4-6-11(16)7-5-10)19-13(21-3)8-12(20-2)18-15(19)17-9/h4-8H,1-3H3. The van der Waals surface area contributed by atoms with E-state index in [1.807, 2.05) is 35.6 Å². The summed E-state index contributed by atoms with van der Waals surface area (Å²) in [6.07, 6.45) is 0. The van der Waals surface area contributed by atoms with Crippen molar-refractivity contribution in [1.29, 1.82) is 0 Å². The Morgan fingerprint density at radius 2 is 1.76 bits per heavy atom. The van der Waals surface area contributed by atoms with E-state index < -0.39 is 0 Å². The summed E-state index contributed by atoms with van der Waals surface area (Å²) in [7, 11) is 3.19. The molecule has 2 heterocycles. The quantitative estimate of drug-likeness (QED) is 0.727. The first-order chi connectivity index (χ1) is 10.1. The number of aryl methyl sites for hydroxylation is 1. The highest BCUT2D eigenvalue weighted by Gasteiger charge is 2.17. The smallest absolute Gasteiger partial charge is 0.240 e. The third-order valence-electron chi connectivity index (χ3n) is 3.25. The summed E-state index contributed by atoms with van der Waals surface area (Å²) in [5.41, 5.74) is 2.90. The lowest BCUT2D eigenvalue weighted by Crippen LogP contribution is -2.00. The first-order valence-electron chi connectivity index (χ1n) is 6.38. The van der Waals surface area contributed by atoms with Gasteiger partial charge < -0.3 is 9.47 Å². The number of nitrogens with zero attached hydrogens (tertiary/aromatic N) is 3. The first kappa shape index (κ1) is 13.9. The molecule has 0 spiro atoms. The van der Waals surface area contributed by atoms with Gasteiger partial charge in [-0.3, -0.25) is 0 Å². The molecule has 0 saturated heterocycles. The Kier molecular flexibility index (Phi) is 3.55. The van der Waals surface area contributed by atoms with Crippen molar-refractivity contribution in [2.24, 2.45) is 0 Å². The van der Waals surface area contributed by atoms with Gasteiger partial charge in [-0.1, -0.05) is 28.1 Å². The lowest BCUT2D eigenvalue weighted by atomic mass is 10.1. The maximum atomic E-state index is 5.46. The molecule has 0 unspecified atom stereocenters. The van der Waals surface area contributed by atoms with Crippen LogP contribution in [0.4, 0.5) is 0 Å². The number of rotatable bonds is 3. The molecule has 21 heavy (non-hydrogen) atoms. The molecule has 0 aliphatic carbocycles. The second-order valence-electron chi connectivity index (χ2n) is 4.53. The molecule has 3 aromatic rings. The van der Waals surface area contributed by atoms with Gasteiger partial charge in [0.05, 0.1) is 31.7 Å². The van der Waals surface area contributed by atoms with E-state index in [1.54, 1.807) is 20.3 Å². The zero-order chi connectivity index (χ0) is 15.0. The van der Waals surface area contributed by atoms with Crippen molar-refractivity contribution in [1.82, 2.24) is 14.4 Å². The lowest BCUT2D eigenvalue weighted by Gasteiger charge is -2.09. The molecule has 0 bridgehead atoms. The summed E-state index contributed by atoms with van der Waals surface area (Å²) in [5, 5.41) is 0. The SMILES string of the molecule is COc1cc(OC)n2c(-c3ccc(Br)cc3)c(C)nc2n1. The van der Waals surface area contributed by atoms with Crippen LogP contribution in [0.25, 0.3) is 17.0 Å². The largest absolute Gasteiger partial charge is 0.482 e. The number of hydrogen-bond acceptors (Lipinski definition) is 4. The van der Waals surface area contributed by atoms with Crippen LogP contribution in [0.15, 0.2) is 34.8 Å². The average molecular weight is 348 g/mol. The molecule has 108 valence electrons. The van der Waals surface area contributed by atoms with Crippen molar-refractivity contribution in [3.8, 4) is 23.0 Å². The minimum absolute atomic E-state index is 0.478. The Morgan fingerprint density at radius 1 is 1.05 bits per heavy atom. The van der Waals surface area contributed by atoms with Gasteiger partial charge in [0.15, 0.2) is 0 Å². The Labute approximate surface area is 130 Å².